The molecule has 1 saturated heterocycles. The van der Waals surface area contributed by atoms with Crippen LogP contribution in [0.25, 0.3) is 10.9 Å². The Kier molecular flexibility index (Phi) is 5.19. The van der Waals surface area contributed by atoms with Gasteiger partial charge in [-0.1, -0.05) is 12.1 Å². The van der Waals surface area contributed by atoms with E-state index in [2.05, 4.69) is 31.1 Å². The Morgan fingerprint density at radius 1 is 1.18 bits per heavy atom. The van der Waals surface area contributed by atoms with Gasteiger partial charge in [0.25, 0.3) is 0 Å². The molecule has 0 bridgehead atoms. The number of benzene rings is 1. The summed E-state index contributed by atoms with van der Waals surface area (Å²) in [4.78, 5) is 6.08. The Bertz CT molecular complexity index is 672. The number of para-hydroxylation sites is 1. The second-order valence-corrected chi connectivity index (χ2v) is 5.75. The number of alkyl halides is 3. The molecule has 0 atom stereocenters. The van der Waals surface area contributed by atoms with E-state index in [4.69, 9.17) is 0 Å². The fourth-order valence-corrected chi connectivity index (χ4v) is 3.19. The van der Waals surface area contributed by atoms with Crippen molar-refractivity contribution >= 4 is 44.9 Å². The maximum atomic E-state index is 13.1. The standard InChI is InChI=1S/C14H13BrF3N3.ClH/c15-11-8-20-12-9(2-1-3-10(12)14(16,17)18)13(11)21-6-4-19-5-7-21;/h1-3,8,19H,4-7H2;1H. The van der Waals surface area contributed by atoms with Crippen molar-refractivity contribution in [3.8, 4) is 0 Å². The largest absolute Gasteiger partial charge is 0.418 e. The van der Waals surface area contributed by atoms with Crippen molar-refractivity contribution < 1.29 is 13.2 Å². The summed E-state index contributed by atoms with van der Waals surface area (Å²) in [5, 5.41) is 3.76. The molecule has 1 aliphatic heterocycles. The number of pyridine rings is 1. The van der Waals surface area contributed by atoms with Crippen LogP contribution in [-0.4, -0.2) is 31.2 Å². The molecular weight excluding hydrogens is 383 g/mol. The normalized spacial score (nSPS) is 15.7. The Balaban J connectivity index is 0.00000176. The van der Waals surface area contributed by atoms with E-state index in [1.54, 1.807) is 6.07 Å². The molecule has 0 radical (unpaired) electrons. The monoisotopic (exact) mass is 395 g/mol. The van der Waals surface area contributed by atoms with E-state index >= 15 is 0 Å². The predicted octanol–water partition coefficient (Wildman–Crippen LogP) is 3.85. The van der Waals surface area contributed by atoms with Crippen LogP contribution < -0.4 is 10.2 Å². The number of hydrogen-bond donors (Lipinski definition) is 1. The fraction of sp³-hybridized carbons (Fsp3) is 0.357. The number of aromatic nitrogens is 1. The minimum atomic E-state index is -4.40. The van der Waals surface area contributed by atoms with E-state index in [1.165, 1.54) is 12.3 Å². The lowest BCUT2D eigenvalue weighted by atomic mass is 10.1. The second-order valence-electron chi connectivity index (χ2n) is 4.89. The summed E-state index contributed by atoms with van der Waals surface area (Å²) in [5.41, 5.74) is 0.0956. The number of nitrogens with zero attached hydrogens (tertiary/aromatic N) is 2. The van der Waals surface area contributed by atoms with E-state index in [-0.39, 0.29) is 17.9 Å². The van der Waals surface area contributed by atoms with Gasteiger partial charge >= 0.3 is 6.18 Å². The Morgan fingerprint density at radius 3 is 2.50 bits per heavy atom. The van der Waals surface area contributed by atoms with Crippen molar-refractivity contribution in [3.63, 3.8) is 0 Å². The van der Waals surface area contributed by atoms with Gasteiger partial charge in [0, 0.05) is 37.8 Å². The fourth-order valence-electron chi connectivity index (χ4n) is 2.62. The minimum absolute atomic E-state index is 0. The number of halogens is 5. The molecule has 1 aromatic carbocycles. The average Bonchev–Trinajstić information content (AvgIpc) is 2.46. The van der Waals surface area contributed by atoms with Crippen LogP contribution in [0.4, 0.5) is 18.9 Å². The molecule has 1 aliphatic rings. The topological polar surface area (TPSA) is 28.2 Å². The quantitative estimate of drug-likeness (QED) is 0.794. The maximum Gasteiger partial charge on any atom is 0.418 e. The van der Waals surface area contributed by atoms with Gasteiger partial charge in [-0.05, 0) is 22.0 Å². The van der Waals surface area contributed by atoms with E-state index in [1.807, 2.05) is 0 Å². The molecule has 3 rings (SSSR count). The molecule has 3 nitrogen and oxygen atoms in total. The van der Waals surface area contributed by atoms with Gasteiger partial charge in [-0.2, -0.15) is 13.2 Å². The molecule has 1 aromatic heterocycles. The molecule has 0 amide bonds. The summed E-state index contributed by atoms with van der Waals surface area (Å²) >= 11 is 3.42. The molecule has 0 spiro atoms. The smallest absolute Gasteiger partial charge is 0.367 e. The molecule has 1 N–H and O–H groups in total. The zero-order valence-electron chi connectivity index (χ0n) is 11.5. The maximum absolute atomic E-state index is 13.1. The van der Waals surface area contributed by atoms with Crippen LogP contribution in [-0.2, 0) is 6.18 Å². The SMILES string of the molecule is Cl.FC(F)(F)c1cccc2c(N3CCNCC3)c(Br)cnc12. The molecule has 2 heterocycles. The molecule has 0 unspecified atom stereocenters. The number of fused-ring (bicyclic) bond motifs is 1. The number of hydrogen-bond acceptors (Lipinski definition) is 3. The van der Waals surface area contributed by atoms with Crippen molar-refractivity contribution in [1.82, 2.24) is 10.3 Å². The summed E-state index contributed by atoms with van der Waals surface area (Å²) in [6.07, 6.45) is -2.95. The lowest BCUT2D eigenvalue weighted by Gasteiger charge is -2.31. The van der Waals surface area contributed by atoms with E-state index in [0.717, 1.165) is 42.4 Å². The summed E-state index contributed by atoms with van der Waals surface area (Å²) < 4.78 is 40.1. The van der Waals surface area contributed by atoms with Crippen LogP contribution in [0.1, 0.15) is 5.56 Å². The van der Waals surface area contributed by atoms with Crippen LogP contribution in [0.15, 0.2) is 28.9 Å². The molecule has 1 fully saturated rings. The highest BCUT2D eigenvalue weighted by Crippen LogP contribution is 2.39. The van der Waals surface area contributed by atoms with Gasteiger partial charge in [0.2, 0.25) is 0 Å². The second kappa shape index (κ2) is 6.60. The van der Waals surface area contributed by atoms with Gasteiger partial charge < -0.3 is 10.2 Å². The Hall–Kier alpha value is -1.05. The van der Waals surface area contributed by atoms with E-state index in [9.17, 15) is 13.2 Å². The van der Waals surface area contributed by atoms with E-state index in [0.29, 0.717) is 5.39 Å². The molecule has 2 aromatic rings. The van der Waals surface area contributed by atoms with Crippen LogP contribution in [0, 0.1) is 0 Å². The highest BCUT2D eigenvalue weighted by atomic mass is 79.9. The summed E-state index contributed by atoms with van der Waals surface area (Å²) in [6.45, 7) is 3.15. The third kappa shape index (κ3) is 3.16. The highest BCUT2D eigenvalue weighted by molar-refractivity contribution is 9.10. The number of piperazine rings is 1. The number of anilines is 1. The molecule has 0 aliphatic carbocycles. The van der Waals surface area contributed by atoms with Gasteiger partial charge in [0.15, 0.2) is 0 Å². The lowest BCUT2D eigenvalue weighted by molar-refractivity contribution is -0.136. The molecule has 8 heteroatoms. The van der Waals surface area contributed by atoms with Crippen molar-refractivity contribution in [1.29, 1.82) is 0 Å². The average molecular weight is 397 g/mol. The van der Waals surface area contributed by atoms with Gasteiger partial charge in [-0.15, -0.1) is 12.4 Å². The number of rotatable bonds is 1. The first-order valence-corrected chi connectivity index (χ1v) is 7.38. The molecule has 120 valence electrons. The van der Waals surface area contributed by atoms with Gasteiger partial charge in [-0.25, -0.2) is 0 Å². The third-order valence-corrected chi connectivity index (χ3v) is 4.14. The Labute approximate surface area is 140 Å². The highest BCUT2D eigenvalue weighted by Gasteiger charge is 2.34. The first kappa shape index (κ1) is 17.3. The van der Waals surface area contributed by atoms with Gasteiger partial charge in [0.05, 0.1) is 21.2 Å². The van der Waals surface area contributed by atoms with Crippen LogP contribution in [0.2, 0.25) is 0 Å². The van der Waals surface area contributed by atoms with Crippen molar-refractivity contribution in [2.45, 2.75) is 6.18 Å². The van der Waals surface area contributed by atoms with Crippen LogP contribution >= 0.6 is 28.3 Å². The zero-order chi connectivity index (χ0) is 15.0. The molecule has 22 heavy (non-hydrogen) atoms. The van der Waals surface area contributed by atoms with Crippen molar-refractivity contribution in [2.75, 3.05) is 31.1 Å². The van der Waals surface area contributed by atoms with Gasteiger partial charge in [0.1, 0.15) is 0 Å². The zero-order valence-corrected chi connectivity index (χ0v) is 13.9. The lowest BCUT2D eigenvalue weighted by Crippen LogP contribution is -2.43. The first-order valence-electron chi connectivity index (χ1n) is 6.58. The van der Waals surface area contributed by atoms with Crippen molar-refractivity contribution in [3.05, 3.63) is 34.4 Å². The summed E-state index contributed by atoms with van der Waals surface area (Å²) in [7, 11) is 0. The van der Waals surface area contributed by atoms with E-state index < -0.39 is 11.7 Å². The first-order chi connectivity index (χ1) is 9.98. The van der Waals surface area contributed by atoms with Crippen LogP contribution in [0.3, 0.4) is 0 Å². The minimum Gasteiger partial charge on any atom is -0.367 e. The summed E-state index contributed by atoms with van der Waals surface area (Å²) in [5.74, 6) is 0. The number of nitrogens with one attached hydrogen (secondary N) is 1. The van der Waals surface area contributed by atoms with Crippen molar-refractivity contribution in [2.24, 2.45) is 0 Å². The Morgan fingerprint density at radius 2 is 1.86 bits per heavy atom. The molecule has 0 saturated carbocycles. The molecular formula is C14H14BrClF3N3. The predicted molar refractivity (Wildman–Crippen MR) is 86.8 cm³/mol. The van der Waals surface area contributed by atoms with Gasteiger partial charge in [-0.3, -0.25) is 4.98 Å². The third-order valence-electron chi connectivity index (χ3n) is 3.56. The summed E-state index contributed by atoms with van der Waals surface area (Å²) in [6, 6.07) is 4.20. The van der Waals surface area contributed by atoms with Crippen LogP contribution in [0.5, 0.6) is 0 Å².